The lowest BCUT2D eigenvalue weighted by Crippen LogP contribution is -2.36. The van der Waals surface area contributed by atoms with Gasteiger partial charge in [-0.25, -0.2) is 9.59 Å². The number of halogens is 1. The van der Waals surface area contributed by atoms with Gasteiger partial charge in [-0.2, -0.15) is 0 Å². The van der Waals surface area contributed by atoms with E-state index in [0.717, 1.165) is 18.8 Å². The average Bonchev–Trinajstić information content (AvgIpc) is 2.89. The first kappa shape index (κ1) is 17.3. The number of anilines is 1. The number of hydrogen-bond donors (Lipinski definition) is 0. The van der Waals surface area contributed by atoms with Crippen LogP contribution < -0.4 is 4.90 Å². The van der Waals surface area contributed by atoms with Gasteiger partial charge in [-0.3, -0.25) is 0 Å². The maximum atomic E-state index is 14.2. The normalized spacial score (nSPS) is 23.4. The molecule has 8 nitrogen and oxygen atoms in total. The lowest BCUT2D eigenvalue weighted by molar-refractivity contribution is -0.0683. The van der Waals surface area contributed by atoms with Crippen molar-refractivity contribution in [3.05, 3.63) is 29.8 Å². The van der Waals surface area contributed by atoms with E-state index in [1.807, 2.05) is 12.1 Å². The number of hydrogen-bond acceptors (Lipinski definition) is 6. The lowest BCUT2D eigenvalue weighted by atomic mass is 10.1. The second-order valence-electron chi connectivity index (χ2n) is 5.98. The Morgan fingerprint density at radius 1 is 1.24 bits per heavy atom. The zero-order valence-corrected chi connectivity index (χ0v) is 14.1. The highest BCUT2D eigenvalue weighted by Gasteiger charge is 2.46. The Morgan fingerprint density at radius 2 is 1.88 bits per heavy atom. The van der Waals surface area contributed by atoms with E-state index in [1.54, 1.807) is 12.1 Å². The topological polar surface area (TPSA) is 71.6 Å². The molecule has 0 aliphatic carbocycles. The van der Waals surface area contributed by atoms with Crippen molar-refractivity contribution in [3.63, 3.8) is 0 Å². The Kier molecular flexibility index (Phi) is 4.93. The summed E-state index contributed by atoms with van der Waals surface area (Å²) in [6, 6.07) is 5.92. The molecule has 2 amide bonds. The lowest BCUT2D eigenvalue weighted by Gasteiger charge is -2.29. The molecule has 2 unspecified atom stereocenters. The van der Waals surface area contributed by atoms with Gasteiger partial charge in [-0.1, -0.05) is 16.6 Å². The van der Waals surface area contributed by atoms with Crippen LogP contribution in [-0.2, 0) is 14.2 Å². The number of cyclic esters (lactones) is 1. The van der Waals surface area contributed by atoms with Crippen LogP contribution in [0.4, 0.5) is 19.8 Å². The van der Waals surface area contributed by atoms with E-state index in [1.165, 1.54) is 19.0 Å². The van der Waals surface area contributed by atoms with Gasteiger partial charge in [0.1, 0.15) is 0 Å². The van der Waals surface area contributed by atoms with E-state index in [4.69, 9.17) is 14.2 Å². The van der Waals surface area contributed by atoms with Crippen LogP contribution in [0.5, 0.6) is 0 Å². The summed E-state index contributed by atoms with van der Waals surface area (Å²) < 4.78 is 29.4. The van der Waals surface area contributed by atoms with Gasteiger partial charge in [-0.15, -0.1) is 5.12 Å². The molecule has 3 rings (SSSR count). The van der Waals surface area contributed by atoms with E-state index in [9.17, 15) is 14.1 Å². The van der Waals surface area contributed by atoms with Crippen molar-refractivity contribution >= 4 is 17.9 Å². The van der Waals surface area contributed by atoms with Crippen LogP contribution in [-0.4, -0.2) is 68.9 Å². The number of morpholine rings is 1. The molecule has 2 fully saturated rings. The van der Waals surface area contributed by atoms with Crippen LogP contribution in [0.3, 0.4) is 0 Å². The van der Waals surface area contributed by atoms with Crippen molar-refractivity contribution in [2.75, 3.05) is 45.3 Å². The maximum absolute atomic E-state index is 14.2. The van der Waals surface area contributed by atoms with Crippen LogP contribution in [0, 0.1) is 0 Å². The molecule has 0 aromatic heterocycles. The summed E-state index contributed by atoms with van der Waals surface area (Å²) in [4.78, 5) is 26.6. The number of benzene rings is 1. The molecular weight excluding hydrogens is 333 g/mol. The Balaban J connectivity index is 1.77. The standard InChI is InChI=1S/C16H20FN3O5/c1-18(2)15(21)24-14-13(20(17)16(22)25-14)11-3-5-12(6-4-11)19-7-9-23-10-8-19/h3-6,13-14H,7-10H2,1-2H3. The SMILES string of the molecule is CN(C)C(=O)OC1OC(=O)N(F)C1c1ccc(N2CCOCC2)cc1. The highest BCUT2D eigenvalue weighted by atomic mass is 19.2. The van der Waals surface area contributed by atoms with Crippen LogP contribution >= 0.6 is 0 Å². The molecule has 1 aromatic carbocycles. The fourth-order valence-corrected chi connectivity index (χ4v) is 2.72. The fraction of sp³-hybridized carbons (Fsp3) is 0.500. The number of carbonyl (C=O) groups is 2. The molecule has 0 radical (unpaired) electrons. The van der Waals surface area contributed by atoms with Crippen LogP contribution in [0.15, 0.2) is 24.3 Å². The van der Waals surface area contributed by atoms with E-state index in [-0.39, 0.29) is 5.12 Å². The summed E-state index contributed by atoms with van der Waals surface area (Å²) in [6.45, 7) is 2.88. The van der Waals surface area contributed by atoms with Crippen molar-refractivity contribution < 1.29 is 28.3 Å². The number of nitrogens with zero attached hydrogens (tertiary/aromatic N) is 3. The Labute approximate surface area is 144 Å². The first-order valence-corrected chi connectivity index (χ1v) is 7.93. The van der Waals surface area contributed by atoms with Crippen LogP contribution in [0.2, 0.25) is 0 Å². The largest absolute Gasteiger partial charge is 0.442 e. The molecule has 9 heteroatoms. The Bertz CT molecular complexity index is 633. The predicted molar refractivity (Wildman–Crippen MR) is 85.6 cm³/mol. The second-order valence-corrected chi connectivity index (χ2v) is 5.98. The number of rotatable bonds is 3. The van der Waals surface area contributed by atoms with E-state index in [2.05, 4.69) is 4.90 Å². The monoisotopic (exact) mass is 353 g/mol. The van der Waals surface area contributed by atoms with Crippen molar-refractivity contribution in [1.29, 1.82) is 0 Å². The summed E-state index contributed by atoms with van der Waals surface area (Å²) in [6.07, 6.45) is -3.25. The quantitative estimate of drug-likeness (QED) is 0.773. The minimum absolute atomic E-state index is 0.0582. The van der Waals surface area contributed by atoms with E-state index in [0.29, 0.717) is 18.8 Å². The molecule has 2 heterocycles. The summed E-state index contributed by atoms with van der Waals surface area (Å²) in [5, 5.41) is -0.0582. The minimum Gasteiger partial charge on any atom is -0.406 e. The zero-order chi connectivity index (χ0) is 18.0. The van der Waals surface area contributed by atoms with Gasteiger partial charge in [0.2, 0.25) is 0 Å². The molecule has 0 bridgehead atoms. The van der Waals surface area contributed by atoms with Crippen LogP contribution in [0.25, 0.3) is 0 Å². The number of amides is 2. The molecule has 0 saturated carbocycles. The van der Waals surface area contributed by atoms with Gasteiger partial charge in [0.15, 0.2) is 6.04 Å². The second kappa shape index (κ2) is 7.14. The summed E-state index contributed by atoms with van der Waals surface area (Å²) >= 11 is 0. The number of carbonyl (C=O) groups excluding carboxylic acids is 2. The molecule has 2 atom stereocenters. The number of ether oxygens (including phenoxy) is 3. The Hall–Kier alpha value is -2.55. The molecule has 2 aliphatic heterocycles. The van der Waals surface area contributed by atoms with Crippen molar-refractivity contribution in [2.24, 2.45) is 0 Å². The maximum Gasteiger partial charge on any atom is 0.442 e. The van der Waals surface area contributed by atoms with E-state index >= 15 is 0 Å². The van der Waals surface area contributed by atoms with Crippen LogP contribution in [0.1, 0.15) is 11.6 Å². The highest BCUT2D eigenvalue weighted by molar-refractivity contribution is 5.71. The molecule has 0 spiro atoms. The predicted octanol–water partition coefficient (Wildman–Crippen LogP) is 1.93. The molecule has 25 heavy (non-hydrogen) atoms. The Morgan fingerprint density at radius 3 is 2.48 bits per heavy atom. The van der Waals surface area contributed by atoms with Gasteiger partial charge in [0, 0.05) is 32.9 Å². The molecule has 2 saturated heterocycles. The first-order chi connectivity index (χ1) is 12.0. The first-order valence-electron chi connectivity index (χ1n) is 7.93. The third kappa shape index (κ3) is 3.60. The highest BCUT2D eigenvalue weighted by Crippen LogP contribution is 2.35. The van der Waals surface area contributed by atoms with Gasteiger partial charge >= 0.3 is 12.2 Å². The average molecular weight is 353 g/mol. The van der Waals surface area contributed by atoms with Gasteiger partial charge in [0.25, 0.3) is 6.29 Å². The molecule has 1 aromatic rings. The molecular formula is C16H20FN3O5. The van der Waals surface area contributed by atoms with Gasteiger partial charge < -0.3 is 24.0 Å². The van der Waals surface area contributed by atoms with E-state index < -0.39 is 24.5 Å². The van der Waals surface area contributed by atoms with Gasteiger partial charge in [0.05, 0.1) is 13.2 Å². The van der Waals surface area contributed by atoms with Gasteiger partial charge in [-0.05, 0) is 17.7 Å². The smallest absolute Gasteiger partial charge is 0.406 e. The summed E-state index contributed by atoms with van der Waals surface area (Å²) in [5.41, 5.74) is 1.45. The summed E-state index contributed by atoms with van der Waals surface area (Å²) in [5.74, 6) is 0. The zero-order valence-electron chi connectivity index (χ0n) is 14.1. The minimum atomic E-state index is -1.35. The summed E-state index contributed by atoms with van der Waals surface area (Å²) in [7, 11) is 2.97. The molecule has 0 N–H and O–H groups in total. The fourth-order valence-electron chi connectivity index (χ4n) is 2.72. The molecule has 2 aliphatic rings. The third-order valence-electron chi connectivity index (χ3n) is 4.09. The van der Waals surface area contributed by atoms with Crippen molar-refractivity contribution in [2.45, 2.75) is 12.3 Å². The molecule has 136 valence electrons. The van der Waals surface area contributed by atoms with Crippen molar-refractivity contribution in [1.82, 2.24) is 10.0 Å². The van der Waals surface area contributed by atoms with Crippen molar-refractivity contribution in [3.8, 4) is 0 Å². The third-order valence-corrected chi connectivity index (χ3v) is 4.09.